The summed E-state index contributed by atoms with van der Waals surface area (Å²) in [5.41, 5.74) is 0. The maximum atomic E-state index is 12.4. The molecule has 0 saturated heterocycles. The summed E-state index contributed by atoms with van der Waals surface area (Å²) < 4.78 is 32.1. The highest BCUT2D eigenvalue weighted by molar-refractivity contribution is 7.85. The van der Waals surface area contributed by atoms with Crippen LogP contribution in [-0.2, 0) is 14.9 Å². The van der Waals surface area contributed by atoms with E-state index in [0.717, 1.165) is 51.4 Å². The van der Waals surface area contributed by atoms with Crippen LogP contribution >= 0.6 is 0 Å². The second-order valence-corrected chi connectivity index (χ2v) is 13.3. The molecule has 3 N–H and O–H groups in total. The molecule has 250 valence electrons. The van der Waals surface area contributed by atoms with Crippen molar-refractivity contribution >= 4 is 16.0 Å². The van der Waals surface area contributed by atoms with E-state index in [1.165, 1.54) is 83.1 Å². The molecule has 0 saturated carbocycles. The predicted octanol–water partition coefficient (Wildman–Crippen LogP) is 9.57. The molecule has 0 bridgehead atoms. The molecule has 2 atom stereocenters. The summed E-state index contributed by atoms with van der Waals surface area (Å²) in [5, 5.41) is 13.0. The van der Waals surface area contributed by atoms with Crippen molar-refractivity contribution in [2.45, 2.75) is 167 Å². The third-order valence-corrected chi connectivity index (χ3v) is 8.24. The SMILES string of the molecule is CCC/C=C/CC/C=C/C(O)C(CS(=O)(=O)O)NC(=O)CCCCCCCCCCC/C=C\C/C=C\CCCCCCC. The molecule has 0 aromatic heterocycles. The first-order chi connectivity index (χ1) is 20.8. The lowest BCUT2D eigenvalue weighted by Gasteiger charge is -2.21. The third kappa shape index (κ3) is 31.5. The standard InChI is InChI=1S/C36H65NO5S/c1-3-5-7-9-11-12-13-14-15-16-17-18-19-20-21-22-23-24-26-28-30-32-36(39)37-34(33-43(40,41)42)35(38)31-29-27-25-10-8-6-4-2/h8,10,13-14,16-17,29,31,34-35,38H,3-7,9,11-12,15,18-28,30,32-33H2,1-2H3,(H,37,39)(H,40,41,42)/b10-8+,14-13-,17-16-,31-29+. The predicted molar refractivity (Wildman–Crippen MR) is 184 cm³/mol. The van der Waals surface area contributed by atoms with Gasteiger partial charge in [-0.2, -0.15) is 8.42 Å². The van der Waals surface area contributed by atoms with Gasteiger partial charge in [-0.3, -0.25) is 9.35 Å². The van der Waals surface area contributed by atoms with Crippen LogP contribution in [0.3, 0.4) is 0 Å². The molecule has 0 radical (unpaired) electrons. The van der Waals surface area contributed by atoms with Gasteiger partial charge < -0.3 is 10.4 Å². The van der Waals surface area contributed by atoms with Gasteiger partial charge in [0.05, 0.1) is 17.9 Å². The summed E-state index contributed by atoms with van der Waals surface area (Å²) in [7, 11) is -4.34. The highest BCUT2D eigenvalue weighted by atomic mass is 32.2. The first kappa shape index (κ1) is 41.3. The van der Waals surface area contributed by atoms with Crippen molar-refractivity contribution in [3.8, 4) is 0 Å². The first-order valence-electron chi connectivity index (χ1n) is 17.3. The van der Waals surface area contributed by atoms with Crippen molar-refractivity contribution in [1.82, 2.24) is 5.32 Å². The van der Waals surface area contributed by atoms with Crippen LogP contribution in [0.4, 0.5) is 0 Å². The quantitative estimate of drug-likeness (QED) is 0.0420. The zero-order valence-corrected chi connectivity index (χ0v) is 28.4. The van der Waals surface area contributed by atoms with E-state index in [1.807, 2.05) is 0 Å². The van der Waals surface area contributed by atoms with E-state index in [4.69, 9.17) is 0 Å². The van der Waals surface area contributed by atoms with Crippen LogP contribution in [0.25, 0.3) is 0 Å². The molecule has 43 heavy (non-hydrogen) atoms. The Morgan fingerprint density at radius 2 is 1.12 bits per heavy atom. The molecule has 6 nitrogen and oxygen atoms in total. The van der Waals surface area contributed by atoms with Gasteiger partial charge in [-0.1, -0.05) is 140 Å². The van der Waals surface area contributed by atoms with E-state index in [0.29, 0.717) is 6.42 Å². The minimum atomic E-state index is -4.34. The van der Waals surface area contributed by atoms with Gasteiger partial charge in [0.2, 0.25) is 5.91 Å². The van der Waals surface area contributed by atoms with Crippen LogP contribution in [0.5, 0.6) is 0 Å². The zero-order valence-electron chi connectivity index (χ0n) is 27.6. The minimum Gasteiger partial charge on any atom is -0.387 e. The Morgan fingerprint density at radius 1 is 0.628 bits per heavy atom. The Hall–Kier alpha value is -1.70. The smallest absolute Gasteiger partial charge is 0.267 e. The van der Waals surface area contributed by atoms with Crippen LogP contribution in [-0.4, -0.2) is 41.9 Å². The van der Waals surface area contributed by atoms with Crippen molar-refractivity contribution in [1.29, 1.82) is 0 Å². The normalized spacial score (nSPS) is 14.0. The highest BCUT2D eigenvalue weighted by Crippen LogP contribution is 2.12. The number of hydrogen-bond acceptors (Lipinski definition) is 4. The number of allylic oxidation sites excluding steroid dienone is 7. The lowest BCUT2D eigenvalue weighted by atomic mass is 10.1. The summed E-state index contributed by atoms with van der Waals surface area (Å²) in [6, 6.07) is -1.07. The van der Waals surface area contributed by atoms with Gasteiger partial charge in [0.1, 0.15) is 0 Å². The highest BCUT2D eigenvalue weighted by Gasteiger charge is 2.24. The average molecular weight is 624 g/mol. The number of carbonyl (C=O) groups excluding carboxylic acids is 1. The largest absolute Gasteiger partial charge is 0.387 e. The van der Waals surface area contributed by atoms with E-state index in [1.54, 1.807) is 6.08 Å². The van der Waals surface area contributed by atoms with Crippen molar-refractivity contribution in [3.05, 3.63) is 48.6 Å². The van der Waals surface area contributed by atoms with Crippen molar-refractivity contribution in [2.24, 2.45) is 0 Å². The zero-order chi connectivity index (χ0) is 31.9. The van der Waals surface area contributed by atoms with Gasteiger partial charge in [-0.25, -0.2) is 0 Å². The molecule has 0 aromatic rings. The Kier molecular flexibility index (Phi) is 29.1. The fourth-order valence-corrected chi connectivity index (χ4v) is 5.59. The Labute approximate surface area is 265 Å². The van der Waals surface area contributed by atoms with Crippen molar-refractivity contribution < 1.29 is 22.9 Å². The van der Waals surface area contributed by atoms with Crippen LogP contribution in [0.15, 0.2) is 48.6 Å². The van der Waals surface area contributed by atoms with E-state index in [-0.39, 0.29) is 12.3 Å². The number of aliphatic hydroxyl groups is 1. The topological polar surface area (TPSA) is 104 Å². The number of nitrogens with one attached hydrogen (secondary N) is 1. The van der Waals surface area contributed by atoms with Crippen molar-refractivity contribution in [3.63, 3.8) is 0 Å². The van der Waals surface area contributed by atoms with Crippen LogP contribution in [0.1, 0.15) is 155 Å². The second kappa shape index (κ2) is 30.3. The van der Waals surface area contributed by atoms with Gasteiger partial charge in [0.25, 0.3) is 10.1 Å². The molecule has 2 unspecified atom stereocenters. The molecular weight excluding hydrogens is 558 g/mol. The first-order valence-corrected chi connectivity index (χ1v) is 18.9. The molecule has 7 heteroatoms. The fourth-order valence-electron chi connectivity index (χ4n) is 4.85. The molecular formula is C36H65NO5S. The number of rotatable bonds is 30. The Morgan fingerprint density at radius 3 is 1.67 bits per heavy atom. The van der Waals surface area contributed by atoms with Gasteiger partial charge >= 0.3 is 0 Å². The molecule has 0 aliphatic carbocycles. The molecule has 0 aliphatic rings. The maximum absolute atomic E-state index is 12.4. The summed E-state index contributed by atoms with van der Waals surface area (Å²) in [6.45, 7) is 4.37. The van der Waals surface area contributed by atoms with Crippen LogP contribution in [0.2, 0.25) is 0 Å². The summed E-state index contributed by atoms with van der Waals surface area (Å²) >= 11 is 0. The lowest BCUT2D eigenvalue weighted by Crippen LogP contribution is -2.46. The van der Waals surface area contributed by atoms with Gasteiger partial charge in [-0.05, 0) is 57.8 Å². The van der Waals surface area contributed by atoms with E-state index < -0.39 is 28.0 Å². The number of hydrogen-bond donors (Lipinski definition) is 3. The van der Waals surface area contributed by atoms with Crippen LogP contribution in [0, 0.1) is 0 Å². The fraction of sp³-hybridized carbons (Fsp3) is 0.750. The molecule has 0 rings (SSSR count). The third-order valence-electron chi connectivity index (χ3n) is 7.46. The number of unbranched alkanes of at least 4 members (excludes halogenated alkanes) is 16. The van der Waals surface area contributed by atoms with Gasteiger partial charge in [0.15, 0.2) is 0 Å². The average Bonchev–Trinajstić information content (AvgIpc) is 2.96. The van der Waals surface area contributed by atoms with Crippen molar-refractivity contribution in [2.75, 3.05) is 5.75 Å². The summed E-state index contributed by atoms with van der Waals surface area (Å²) in [4.78, 5) is 12.4. The molecule has 0 heterocycles. The molecule has 0 fully saturated rings. The number of aliphatic hydroxyl groups excluding tert-OH is 1. The Balaban J connectivity index is 3.87. The number of carbonyl (C=O) groups is 1. The lowest BCUT2D eigenvalue weighted by molar-refractivity contribution is -0.122. The molecule has 1 amide bonds. The van der Waals surface area contributed by atoms with E-state index >= 15 is 0 Å². The monoisotopic (exact) mass is 623 g/mol. The second-order valence-electron chi connectivity index (χ2n) is 11.8. The van der Waals surface area contributed by atoms with E-state index in [2.05, 4.69) is 55.6 Å². The summed E-state index contributed by atoms with van der Waals surface area (Å²) in [5.74, 6) is -1.01. The maximum Gasteiger partial charge on any atom is 0.267 e. The number of amides is 1. The van der Waals surface area contributed by atoms with Crippen LogP contribution < -0.4 is 5.32 Å². The van der Waals surface area contributed by atoms with Gasteiger partial charge in [0, 0.05) is 6.42 Å². The molecule has 0 aliphatic heterocycles. The molecule has 0 aromatic carbocycles. The summed E-state index contributed by atoms with van der Waals surface area (Å²) in [6.07, 6.45) is 39.8. The van der Waals surface area contributed by atoms with Gasteiger partial charge in [-0.15, -0.1) is 0 Å². The Bertz CT molecular complexity index is 863. The minimum absolute atomic E-state index is 0.281. The van der Waals surface area contributed by atoms with E-state index in [9.17, 15) is 22.9 Å². The molecule has 0 spiro atoms.